The van der Waals surface area contributed by atoms with Gasteiger partial charge in [0.05, 0.1) is 25.3 Å². The van der Waals surface area contributed by atoms with E-state index in [1.54, 1.807) is 42.5 Å². The van der Waals surface area contributed by atoms with Crippen molar-refractivity contribution in [2.75, 3.05) is 18.6 Å². The van der Waals surface area contributed by atoms with E-state index in [0.29, 0.717) is 34.9 Å². The van der Waals surface area contributed by atoms with E-state index >= 15 is 0 Å². The summed E-state index contributed by atoms with van der Waals surface area (Å²) in [6.45, 7) is 4.41. The molecular weight excluding hydrogens is 449 g/mol. The van der Waals surface area contributed by atoms with Crippen LogP contribution in [0.15, 0.2) is 72.3 Å². The van der Waals surface area contributed by atoms with Gasteiger partial charge in [0.2, 0.25) is 0 Å². The van der Waals surface area contributed by atoms with E-state index in [1.165, 1.54) is 36.3 Å². The predicted octanol–water partition coefficient (Wildman–Crippen LogP) is 5.56. The van der Waals surface area contributed by atoms with Crippen molar-refractivity contribution in [3.63, 3.8) is 0 Å². The van der Waals surface area contributed by atoms with Crippen molar-refractivity contribution in [3.05, 3.63) is 94.8 Å². The van der Waals surface area contributed by atoms with Crippen LogP contribution in [0.1, 0.15) is 36.1 Å². The lowest BCUT2D eigenvalue weighted by molar-refractivity contribution is -0.132. The molecule has 1 aliphatic rings. The lowest BCUT2D eigenvalue weighted by atomic mass is 9.94. The first kappa shape index (κ1) is 24.0. The molecule has 1 aliphatic heterocycles. The number of aryl methyl sites for hydroxylation is 1. The number of methoxy groups -OCH3 is 1. The molecule has 7 heteroatoms. The molecule has 1 saturated heterocycles. The van der Waals surface area contributed by atoms with Gasteiger partial charge in [0.15, 0.2) is 0 Å². The summed E-state index contributed by atoms with van der Waals surface area (Å²) in [5.41, 5.74) is 2.01. The van der Waals surface area contributed by atoms with Crippen LogP contribution in [0.3, 0.4) is 0 Å². The van der Waals surface area contributed by atoms with Gasteiger partial charge in [0.1, 0.15) is 23.1 Å². The van der Waals surface area contributed by atoms with E-state index in [0.717, 1.165) is 12.0 Å². The number of ether oxygens (including phenoxy) is 2. The summed E-state index contributed by atoms with van der Waals surface area (Å²) in [5, 5.41) is 11.3. The Kier molecular flexibility index (Phi) is 6.87. The molecule has 1 amide bonds. The summed E-state index contributed by atoms with van der Waals surface area (Å²) >= 11 is 0. The molecule has 1 heterocycles. The Hall–Kier alpha value is -4.13. The first-order valence-corrected chi connectivity index (χ1v) is 11.3. The van der Waals surface area contributed by atoms with Gasteiger partial charge in [-0.25, -0.2) is 4.39 Å². The number of carbonyl (C=O) groups excluding carboxylic acids is 2. The van der Waals surface area contributed by atoms with E-state index in [9.17, 15) is 19.1 Å². The average molecular weight is 476 g/mol. The Morgan fingerprint density at radius 2 is 1.80 bits per heavy atom. The molecule has 3 aromatic carbocycles. The van der Waals surface area contributed by atoms with Crippen molar-refractivity contribution in [1.82, 2.24) is 0 Å². The zero-order valence-electron chi connectivity index (χ0n) is 19.7. The van der Waals surface area contributed by atoms with Gasteiger partial charge in [-0.15, -0.1) is 0 Å². The maximum atomic E-state index is 13.6. The minimum Gasteiger partial charge on any atom is -0.507 e. The molecule has 180 valence electrons. The quantitative estimate of drug-likeness (QED) is 0.275. The predicted molar refractivity (Wildman–Crippen MR) is 131 cm³/mol. The fraction of sp³-hybridized carbons (Fsp3) is 0.214. The number of rotatable bonds is 7. The van der Waals surface area contributed by atoms with Crippen LogP contribution in [0.2, 0.25) is 0 Å². The zero-order valence-corrected chi connectivity index (χ0v) is 19.7. The number of carbonyl (C=O) groups is 2. The van der Waals surface area contributed by atoms with Crippen LogP contribution in [0.25, 0.3) is 5.76 Å². The molecule has 6 nitrogen and oxygen atoms in total. The number of aliphatic hydroxyl groups excluding tert-OH is 1. The molecule has 35 heavy (non-hydrogen) atoms. The van der Waals surface area contributed by atoms with Crippen LogP contribution < -0.4 is 14.4 Å². The highest BCUT2D eigenvalue weighted by atomic mass is 19.1. The van der Waals surface area contributed by atoms with Crippen molar-refractivity contribution >= 4 is 23.1 Å². The van der Waals surface area contributed by atoms with Crippen LogP contribution in [0, 0.1) is 12.7 Å². The normalized spacial score (nSPS) is 17.0. The summed E-state index contributed by atoms with van der Waals surface area (Å²) < 4.78 is 24.6. The smallest absolute Gasteiger partial charge is 0.300 e. The summed E-state index contributed by atoms with van der Waals surface area (Å²) in [6.07, 6.45) is 0.856. The molecule has 1 unspecified atom stereocenters. The topological polar surface area (TPSA) is 76.1 Å². The number of Topliss-reactive ketones (excluding diaryl/α,β-unsaturated/α-hetero) is 1. The monoisotopic (exact) mass is 475 g/mol. The van der Waals surface area contributed by atoms with E-state index < -0.39 is 23.5 Å². The van der Waals surface area contributed by atoms with Crippen molar-refractivity contribution in [2.45, 2.75) is 26.3 Å². The third kappa shape index (κ3) is 4.62. The summed E-state index contributed by atoms with van der Waals surface area (Å²) in [7, 11) is 1.51. The number of hydrogen-bond donors (Lipinski definition) is 1. The van der Waals surface area contributed by atoms with Gasteiger partial charge in [-0.05, 0) is 79.1 Å². The van der Waals surface area contributed by atoms with Gasteiger partial charge in [-0.2, -0.15) is 0 Å². The summed E-state index contributed by atoms with van der Waals surface area (Å²) in [5.74, 6) is -1.20. The van der Waals surface area contributed by atoms with Crippen molar-refractivity contribution in [1.29, 1.82) is 0 Å². The molecule has 0 aliphatic carbocycles. The van der Waals surface area contributed by atoms with Crippen LogP contribution in [-0.2, 0) is 9.59 Å². The Morgan fingerprint density at radius 3 is 2.46 bits per heavy atom. The van der Waals surface area contributed by atoms with E-state index in [-0.39, 0.29) is 11.3 Å². The summed E-state index contributed by atoms with van der Waals surface area (Å²) in [4.78, 5) is 27.7. The van der Waals surface area contributed by atoms with E-state index in [2.05, 4.69) is 0 Å². The third-order valence-corrected chi connectivity index (χ3v) is 5.87. The Labute approximate surface area is 203 Å². The molecule has 1 fully saturated rings. The summed E-state index contributed by atoms with van der Waals surface area (Å²) in [6, 6.07) is 16.4. The second-order valence-electron chi connectivity index (χ2n) is 8.25. The number of anilines is 1. The van der Waals surface area contributed by atoms with Crippen molar-refractivity contribution in [3.8, 4) is 11.5 Å². The molecule has 0 aromatic heterocycles. The number of halogens is 1. The van der Waals surface area contributed by atoms with Gasteiger partial charge in [0, 0.05) is 11.3 Å². The van der Waals surface area contributed by atoms with E-state index in [1.807, 2.05) is 13.8 Å². The van der Waals surface area contributed by atoms with Gasteiger partial charge in [-0.3, -0.25) is 14.5 Å². The number of nitrogens with zero attached hydrogens (tertiary/aromatic N) is 1. The maximum absolute atomic E-state index is 13.6. The molecule has 3 aromatic rings. The van der Waals surface area contributed by atoms with Crippen LogP contribution in [0.5, 0.6) is 11.5 Å². The molecule has 0 spiro atoms. The van der Waals surface area contributed by atoms with Gasteiger partial charge in [-0.1, -0.05) is 19.1 Å². The first-order chi connectivity index (χ1) is 16.8. The largest absolute Gasteiger partial charge is 0.507 e. The van der Waals surface area contributed by atoms with Crippen molar-refractivity contribution < 1.29 is 28.6 Å². The minimum absolute atomic E-state index is 0.0609. The minimum atomic E-state index is -0.938. The molecular formula is C28H26FNO5. The maximum Gasteiger partial charge on any atom is 0.300 e. The van der Waals surface area contributed by atoms with Crippen LogP contribution in [0.4, 0.5) is 10.1 Å². The molecule has 0 radical (unpaired) electrons. The Balaban J connectivity index is 1.88. The molecule has 1 atom stereocenters. The fourth-order valence-corrected chi connectivity index (χ4v) is 4.15. The molecule has 4 rings (SSSR count). The zero-order chi connectivity index (χ0) is 25.1. The Bertz CT molecular complexity index is 1300. The molecule has 0 saturated carbocycles. The number of aliphatic hydroxyl groups is 1. The highest BCUT2D eigenvalue weighted by molar-refractivity contribution is 6.51. The van der Waals surface area contributed by atoms with Crippen LogP contribution >= 0.6 is 0 Å². The number of benzene rings is 3. The Morgan fingerprint density at radius 1 is 1.06 bits per heavy atom. The van der Waals surface area contributed by atoms with Crippen LogP contribution in [-0.4, -0.2) is 30.5 Å². The number of ketones is 1. The highest BCUT2D eigenvalue weighted by Gasteiger charge is 2.47. The highest BCUT2D eigenvalue weighted by Crippen LogP contribution is 2.43. The van der Waals surface area contributed by atoms with Gasteiger partial charge >= 0.3 is 0 Å². The standard InChI is InChI=1S/C28H26FNO5/c1-4-14-35-23-13-8-19(15-17(23)2)26(31)24-25(18-6-5-7-22(16-18)34-3)30(28(33)27(24)32)21-11-9-20(29)10-12-21/h5-13,15-16,25,31H,4,14H2,1-3H3/b26-24-. The van der Waals surface area contributed by atoms with Crippen molar-refractivity contribution in [2.24, 2.45) is 0 Å². The molecule has 1 N–H and O–H groups in total. The lowest BCUT2D eigenvalue weighted by Crippen LogP contribution is -2.29. The third-order valence-electron chi connectivity index (χ3n) is 5.87. The van der Waals surface area contributed by atoms with Gasteiger partial charge in [0.25, 0.3) is 11.7 Å². The SMILES string of the molecule is CCCOc1ccc(/C(O)=C2/C(=O)C(=O)N(c3ccc(F)cc3)C2c2cccc(OC)c2)cc1C. The first-order valence-electron chi connectivity index (χ1n) is 11.3. The lowest BCUT2D eigenvalue weighted by Gasteiger charge is -2.25. The number of hydrogen-bond acceptors (Lipinski definition) is 5. The fourth-order valence-electron chi connectivity index (χ4n) is 4.15. The number of amides is 1. The average Bonchev–Trinajstić information content (AvgIpc) is 3.13. The van der Waals surface area contributed by atoms with E-state index in [4.69, 9.17) is 9.47 Å². The molecule has 0 bridgehead atoms. The second-order valence-corrected chi connectivity index (χ2v) is 8.25. The second kappa shape index (κ2) is 10.0. The van der Waals surface area contributed by atoms with Gasteiger partial charge < -0.3 is 14.6 Å².